The van der Waals surface area contributed by atoms with Crippen LogP contribution in [0.1, 0.15) is 0 Å². The van der Waals surface area contributed by atoms with E-state index in [1.807, 2.05) is 0 Å². The summed E-state index contributed by atoms with van der Waals surface area (Å²) in [6.45, 7) is 0. The summed E-state index contributed by atoms with van der Waals surface area (Å²) in [7, 11) is -1.67. The summed E-state index contributed by atoms with van der Waals surface area (Å²) in [6, 6.07) is 0. The first-order valence-electron chi connectivity index (χ1n) is 2.11. The predicted octanol–water partition coefficient (Wildman–Crippen LogP) is -1.88. The molecular weight excluding hydrogens is 144 g/mol. The maximum Gasteiger partial charge on any atom is 0.349 e. The fraction of sp³-hybridized carbons (Fsp3) is 0.667. The molecule has 0 radical (unpaired) electrons. The zero-order valence-electron chi connectivity index (χ0n) is 5.16. The fourth-order valence-electron chi connectivity index (χ4n) is 0.224. The van der Waals surface area contributed by atoms with E-state index in [0.717, 1.165) is 4.58 Å². The normalized spacial score (nSPS) is 11.0. The molecule has 0 aromatic carbocycles. The third kappa shape index (κ3) is 2.43. The van der Waals surface area contributed by atoms with Crippen LogP contribution in [0.2, 0.25) is 0 Å². The average Bonchev–Trinajstić information content (AvgIpc) is 1.62. The minimum atomic E-state index is -4.43. The van der Waals surface area contributed by atoms with Crippen molar-refractivity contribution in [3.63, 3.8) is 0 Å². The first-order chi connectivity index (χ1) is 3.85. The van der Waals surface area contributed by atoms with Crippen molar-refractivity contribution in [2.24, 2.45) is 5.73 Å². The lowest BCUT2D eigenvalue weighted by molar-refractivity contribution is -0.462. The molecule has 0 aromatic heterocycles. The summed E-state index contributed by atoms with van der Waals surface area (Å²) < 4.78 is 31.1. The van der Waals surface area contributed by atoms with Gasteiger partial charge in [-0.2, -0.15) is 0 Å². The van der Waals surface area contributed by atoms with E-state index in [-0.39, 0.29) is 0 Å². The van der Waals surface area contributed by atoms with Crippen LogP contribution in [0.5, 0.6) is 0 Å². The smallest absolute Gasteiger partial charge is 0.349 e. The maximum absolute atomic E-state index is 10.0. The van der Waals surface area contributed by atoms with Gasteiger partial charge in [0.2, 0.25) is 10.1 Å². The van der Waals surface area contributed by atoms with Gasteiger partial charge in [0.15, 0.2) is 0 Å². The molecule has 0 unspecified atom stereocenters. The average molecular weight is 152 g/mol. The van der Waals surface area contributed by atoms with E-state index in [2.05, 4.69) is 0 Å². The van der Waals surface area contributed by atoms with Crippen molar-refractivity contribution in [3.8, 4) is 0 Å². The molecule has 0 heterocycles. The van der Waals surface area contributed by atoms with E-state index < -0.39 is 15.3 Å². The zero-order valence-corrected chi connectivity index (χ0v) is 5.97. The Labute approximate surface area is 53.5 Å². The topological polar surface area (TPSA) is 86.2 Å². The molecule has 5 nitrogen and oxygen atoms in total. The number of rotatable bonds is 0. The molecule has 0 aliphatic rings. The molecule has 6 heteroatoms. The van der Waals surface area contributed by atoms with Crippen LogP contribution in [0.4, 0.5) is 0 Å². The van der Waals surface area contributed by atoms with Crippen molar-refractivity contribution >= 4 is 15.3 Å². The Morgan fingerprint density at radius 3 is 1.89 bits per heavy atom. The van der Waals surface area contributed by atoms with Crippen molar-refractivity contribution < 1.29 is 17.5 Å². The molecule has 0 amide bonds. The highest BCUT2D eigenvalue weighted by atomic mass is 32.2. The molecule has 0 aliphatic heterocycles. The van der Waals surface area contributed by atoms with Crippen molar-refractivity contribution in [1.29, 1.82) is 0 Å². The number of amidine groups is 1. The summed E-state index contributed by atoms with van der Waals surface area (Å²) in [4.78, 5) is 0. The Bertz CT molecular complexity index is 223. The van der Waals surface area contributed by atoms with E-state index in [0.29, 0.717) is 0 Å². The molecule has 0 spiro atoms. The van der Waals surface area contributed by atoms with Gasteiger partial charge in [-0.3, -0.25) is 10.3 Å². The van der Waals surface area contributed by atoms with Crippen molar-refractivity contribution in [3.05, 3.63) is 0 Å². The second kappa shape index (κ2) is 2.32. The predicted molar refractivity (Wildman–Crippen MR) is 31.0 cm³/mol. The lowest BCUT2D eigenvalue weighted by Gasteiger charge is -2.01. The van der Waals surface area contributed by atoms with Crippen LogP contribution in [0, 0.1) is 0 Å². The Hall–Kier alpha value is -0.620. The van der Waals surface area contributed by atoms with E-state index >= 15 is 0 Å². The Morgan fingerprint density at radius 2 is 1.89 bits per heavy atom. The first kappa shape index (κ1) is 8.38. The number of nitrogens with two attached hydrogens (primary N) is 1. The van der Waals surface area contributed by atoms with Gasteiger partial charge in [0, 0.05) is 0 Å². The Morgan fingerprint density at radius 1 is 1.56 bits per heavy atom. The molecule has 0 rings (SSSR count). The van der Waals surface area contributed by atoms with Crippen LogP contribution >= 0.6 is 0 Å². The van der Waals surface area contributed by atoms with E-state index in [4.69, 9.17) is 5.73 Å². The Kier molecular flexibility index (Phi) is 2.16. The molecule has 0 aromatic rings. The highest BCUT2D eigenvalue weighted by molar-refractivity contribution is 8.01. The standard InChI is InChI=1S/C3H8N2O3S/c1-5(2)3(4)9(6,7)8/h4H,1-2H3,(H,6,7,8). The number of nitrogens with zero attached hydrogens (tertiary/aromatic N) is 1. The highest BCUT2D eigenvalue weighted by Crippen LogP contribution is 1.77. The summed E-state index contributed by atoms with van der Waals surface area (Å²) in [5.74, 6) is 0. The van der Waals surface area contributed by atoms with Gasteiger partial charge in [0.25, 0.3) is 0 Å². The fourth-order valence-corrected chi connectivity index (χ4v) is 0.671. The Balaban J connectivity index is 4.86. The van der Waals surface area contributed by atoms with Crippen LogP contribution in [-0.2, 0) is 10.1 Å². The monoisotopic (exact) mass is 152 g/mol. The maximum atomic E-state index is 10.0. The molecule has 54 valence electrons. The quantitative estimate of drug-likeness (QED) is 0.190. The summed E-state index contributed by atoms with van der Waals surface area (Å²) in [5, 5.41) is -0.664. The summed E-state index contributed by atoms with van der Waals surface area (Å²) in [5.41, 5.74) is 4.84. The SMILES string of the molecule is C[N+](C)=C(N)S(=O)(=O)[O-]. The molecule has 0 fully saturated rings. The van der Waals surface area contributed by atoms with E-state index in [1.54, 1.807) is 0 Å². The lowest BCUT2D eigenvalue weighted by atomic mass is 11.1. The third-order valence-electron chi connectivity index (χ3n) is 0.697. The largest absolute Gasteiger partial charge is 0.738 e. The highest BCUT2D eigenvalue weighted by Gasteiger charge is 2.08. The molecular formula is C3H8N2O3S. The van der Waals surface area contributed by atoms with Gasteiger partial charge in [-0.25, -0.2) is 8.42 Å². The van der Waals surface area contributed by atoms with Crippen molar-refractivity contribution in [2.45, 2.75) is 0 Å². The first-order valence-corrected chi connectivity index (χ1v) is 3.52. The summed E-state index contributed by atoms with van der Waals surface area (Å²) >= 11 is 0. The van der Waals surface area contributed by atoms with Gasteiger partial charge in [0.05, 0.1) is 14.1 Å². The number of hydrogen-bond acceptors (Lipinski definition) is 3. The van der Waals surface area contributed by atoms with Gasteiger partial charge >= 0.3 is 5.17 Å². The van der Waals surface area contributed by atoms with Gasteiger partial charge < -0.3 is 4.55 Å². The summed E-state index contributed by atoms with van der Waals surface area (Å²) in [6.07, 6.45) is 0. The minimum absolute atomic E-state index is 0.664. The lowest BCUT2D eigenvalue weighted by Crippen LogP contribution is -2.31. The zero-order chi connectivity index (χ0) is 7.65. The van der Waals surface area contributed by atoms with Gasteiger partial charge in [0.1, 0.15) is 0 Å². The van der Waals surface area contributed by atoms with Gasteiger partial charge in [-0.15, -0.1) is 0 Å². The molecule has 2 N–H and O–H groups in total. The van der Waals surface area contributed by atoms with E-state index in [1.165, 1.54) is 14.1 Å². The van der Waals surface area contributed by atoms with Crippen LogP contribution in [0.15, 0.2) is 0 Å². The molecule has 0 bridgehead atoms. The van der Waals surface area contributed by atoms with Crippen LogP contribution in [-0.4, -0.2) is 36.8 Å². The van der Waals surface area contributed by atoms with Crippen LogP contribution < -0.4 is 5.73 Å². The molecule has 0 saturated heterocycles. The second-order valence-electron chi connectivity index (χ2n) is 1.69. The van der Waals surface area contributed by atoms with E-state index in [9.17, 15) is 13.0 Å². The minimum Gasteiger partial charge on any atom is -0.738 e. The molecule has 0 aliphatic carbocycles. The molecule has 0 saturated carbocycles. The van der Waals surface area contributed by atoms with Crippen molar-refractivity contribution in [1.82, 2.24) is 0 Å². The second-order valence-corrected chi connectivity index (χ2v) is 3.01. The van der Waals surface area contributed by atoms with Crippen molar-refractivity contribution in [2.75, 3.05) is 14.1 Å². The third-order valence-corrected chi connectivity index (χ3v) is 1.57. The molecule has 9 heavy (non-hydrogen) atoms. The van der Waals surface area contributed by atoms with Gasteiger partial charge in [-0.05, 0) is 0 Å². The number of hydrogen-bond donors (Lipinski definition) is 1. The van der Waals surface area contributed by atoms with Gasteiger partial charge in [-0.1, -0.05) is 0 Å². The molecule has 0 atom stereocenters. The van der Waals surface area contributed by atoms with Crippen LogP contribution in [0.25, 0.3) is 0 Å². The van der Waals surface area contributed by atoms with Crippen LogP contribution in [0.3, 0.4) is 0 Å².